The Hall–Kier alpha value is -1.07. The molecule has 0 aromatic heterocycles. The average molecular weight is 200 g/mol. The molecule has 72 valence electrons. The first kappa shape index (κ1) is 10.0. The third-order valence-electron chi connectivity index (χ3n) is 1.73. The third kappa shape index (κ3) is 2.71. The van der Waals surface area contributed by atoms with Gasteiger partial charge < -0.3 is 0 Å². The molecule has 0 spiro atoms. The number of hydrogen-bond donors (Lipinski definition) is 2. The zero-order valence-corrected chi connectivity index (χ0v) is 8.35. The highest BCUT2D eigenvalue weighted by Gasteiger charge is 2.06. The van der Waals surface area contributed by atoms with Gasteiger partial charge in [-0.05, 0) is 25.0 Å². The summed E-state index contributed by atoms with van der Waals surface area (Å²) in [5.41, 5.74) is 2.27. The molecule has 1 aromatic rings. The fraction of sp³-hybridized carbons (Fsp3) is 0.250. The molecule has 4 nitrogen and oxygen atoms in total. The number of nitrogens with two attached hydrogens (primary N) is 1. The van der Waals surface area contributed by atoms with Gasteiger partial charge in [0.25, 0.3) is 10.2 Å². The SMILES string of the molecule is Cc1cccc(C)c1NS(N)(=O)=O. The maximum absolute atomic E-state index is 10.8. The van der Waals surface area contributed by atoms with E-state index in [0.29, 0.717) is 5.69 Å². The number of aryl methyl sites for hydroxylation is 2. The lowest BCUT2D eigenvalue weighted by molar-refractivity contribution is 0.603. The number of para-hydroxylation sites is 1. The smallest absolute Gasteiger partial charge is 0.271 e. The van der Waals surface area contributed by atoms with E-state index in [2.05, 4.69) is 4.72 Å². The first-order valence-electron chi connectivity index (χ1n) is 3.77. The van der Waals surface area contributed by atoms with Crippen LogP contribution in [-0.2, 0) is 10.2 Å². The molecule has 0 unspecified atom stereocenters. The van der Waals surface area contributed by atoms with Crippen molar-refractivity contribution >= 4 is 15.9 Å². The van der Waals surface area contributed by atoms with Gasteiger partial charge in [0.05, 0.1) is 5.69 Å². The van der Waals surface area contributed by atoms with Crippen molar-refractivity contribution in [1.82, 2.24) is 0 Å². The Morgan fingerprint density at radius 1 is 1.23 bits per heavy atom. The van der Waals surface area contributed by atoms with Crippen LogP contribution in [0, 0.1) is 13.8 Å². The maximum Gasteiger partial charge on any atom is 0.296 e. The van der Waals surface area contributed by atoms with E-state index in [-0.39, 0.29) is 0 Å². The molecule has 5 heteroatoms. The summed E-state index contributed by atoms with van der Waals surface area (Å²) in [7, 11) is -3.67. The highest BCUT2D eigenvalue weighted by molar-refractivity contribution is 7.90. The van der Waals surface area contributed by atoms with Gasteiger partial charge in [-0.3, -0.25) is 4.72 Å². The van der Waals surface area contributed by atoms with Gasteiger partial charge in [0, 0.05) is 0 Å². The fourth-order valence-corrected chi connectivity index (χ4v) is 1.72. The Bertz CT molecular complexity index is 392. The minimum absolute atomic E-state index is 0.560. The van der Waals surface area contributed by atoms with E-state index >= 15 is 0 Å². The van der Waals surface area contributed by atoms with Crippen molar-refractivity contribution in [1.29, 1.82) is 0 Å². The second kappa shape index (κ2) is 3.35. The number of nitrogens with one attached hydrogen (secondary N) is 1. The summed E-state index contributed by atoms with van der Waals surface area (Å²) in [4.78, 5) is 0. The Morgan fingerprint density at radius 3 is 2.08 bits per heavy atom. The molecule has 0 saturated carbocycles. The van der Waals surface area contributed by atoms with Gasteiger partial charge in [-0.15, -0.1) is 0 Å². The summed E-state index contributed by atoms with van der Waals surface area (Å²) in [6.07, 6.45) is 0. The Kier molecular flexibility index (Phi) is 2.58. The minimum Gasteiger partial charge on any atom is -0.271 e. The molecule has 0 amide bonds. The van der Waals surface area contributed by atoms with Gasteiger partial charge in [0.2, 0.25) is 0 Å². The molecule has 0 aliphatic carbocycles. The minimum atomic E-state index is -3.67. The van der Waals surface area contributed by atoms with Crippen molar-refractivity contribution < 1.29 is 8.42 Å². The first-order chi connectivity index (χ1) is 5.90. The second-order valence-corrected chi connectivity index (χ2v) is 4.21. The van der Waals surface area contributed by atoms with E-state index < -0.39 is 10.2 Å². The first-order valence-corrected chi connectivity index (χ1v) is 5.31. The fourth-order valence-electron chi connectivity index (χ4n) is 1.12. The average Bonchev–Trinajstić information content (AvgIpc) is 1.95. The summed E-state index contributed by atoms with van der Waals surface area (Å²) in [6.45, 7) is 3.64. The van der Waals surface area contributed by atoms with Crippen molar-refractivity contribution in [2.45, 2.75) is 13.8 Å². The van der Waals surface area contributed by atoms with Gasteiger partial charge in [-0.2, -0.15) is 8.42 Å². The van der Waals surface area contributed by atoms with Crippen LogP contribution in [0.15, 0.2) is 18.2 Å². The summed E-state index contributed by atoms with van der Waals surface area (Å²) in [5.74, 6) is 0. The van der Waals surface area contributed by atoms with Crippen molar-refractivity contribution in [2.24, 2.45) is 5.14 Å². The van der Waals surface area contributed by atoms with Crippen LogP contribution < -0.4 is 9.86 Å². The van der Waals surface area contributed by atoms with Gasteiger partial charge in [-0.1, -0.05) is 18.2 Å². The van der Waals surface area contributed by atoms with Crippen molar-refractivity contribution in [2.75, 3.05) is 4.72 Å². The molecule has 1 aromatic carbocycles. The summed E-state index contributed by atoms with van der Waals surface area (Å²) >= 11 is 0. The molecule has 3 N–H and O–H groups in total. The Labute approximate surface area is 77.9 Å². The van der Waals surface area contributed by atoms with E-state index in [4.69, 9.17) is 5.14 Å². The molecule has 1 rings (SSSR count). The lowest BCUT2D eigenvalue weighted by Gasteiger charge is -2.09. The van der Waals surface area contributed by atoms with Crippen LogP contribution in [0.4, 0.5) is 5.69 Å². The van der Waals surface area contributed by atoms with Crippen LogP contribution in [0.1, 0.15) is 11.1 Å². The molecule has 0 heterocycles. The van der Waals surface area contributed by atoms with Crippen LogP contribution in [-0.4, -0.2) is 8.42 Å². The molecular weight excluding hydrogens is 188 g/mol. The monoisotopic (exact) mass is 200 g/mol. The molecule has 13 heavy (non-hydrogen) atoms. The van der Waals surface area contributed by atoms with E-state index in [1.807, 2.05) is 32.0 Å². The number of anilines is 1. The van der Waals surface area contributed by atoms with Crippen molar-refractivity contribution in [3.63, 3.8) is 0 Å². The standard InChI is InChI=1S/C8H12N2O2S/c1-6-4-3-5-7(2)8(6)10-13(9,11)12/h3-5,10H,1-2H3,(H2,9,11,12). The number of rotatable bonds is 2. The lowest BCUT2D eigenvalue weighted by atomic mass is 10.1. The maximum atomic E-state index is 10.8. The summed E-state index contributed by atoms with van der Waals surface area (Å²) < 4.78 is 23.8. The van der Waals surface area contributed by atoms with Crippen LogP contribution in [0.25, 0.3) is 0 Å². The molecular formula is C8H12N2O2S. The Balaban J connectivity index is 3.15. The molecule has 0 aliphatic rings. The van der Waals surface area contributed by atoms with Gasteiger partial charge in [-0.25, -0.2) is 5.14 Å². The van der Waals surface area contributed by atoms with Crippen molar-refractivity contribution in [3.05, 3.63) is 29.3 Å². The van der Waals surface area contributed by atoms with E-state index in [1.54, 1.807) is 0 Å². The predicted octanol–water partition coefficient (Wildman–Crippen LogP) is 0.919. The predicted molar refractivity (Wildman–Crippen MR) is 52.6 cm³/mol. The summed E-state index contributed by atoms with van der Waals surface area (Å²) in [5, 5.41) is 4.87. The zero-order valence-electron chi connectivity index (χ0n) is 7.53. The molecule has 0 atom stereocenters. The van der Waals surface area contributed by atoms with E-state index in [0.717, 1.165) is 11.1 Å². The lowest BCUT2D eigenvalue weighted by Crippen LogP contribution is -2.22. The highest BCUT2D eigenvalue weighted by atomic mass is 32.2. The molecule has 0 fully saturated rings. The topological polar surface area (TPSA) is 72.2 Å². The number of benzene rings is 1. The quantitative estimate of drug-likeness (QED) is 0.745. The van der Waals surface area contributed by atoms with Crippen LogP contribution >= 0.6 is 0 Å². The molecule has 0 radical (unpaired) electrons. The zero-order chi connectivity index (χ0) is 10.1. The van der Waals surface area contributed by atoms with Gasteiger partial charge in [0.1, 0.15) is 0 Å². The van der Waals surface area contributed by atoms with Crippen LogP contribution in [0.5, 0.6) is 0 Å². The van der Waals surface area contributed by atoms with E-state index in [9.17, 15) is 8.42 Å². The van der Waals surface area contributed by atoms with E-state index in [1.165, 1.54) is 0 Å². The van der Waals surface area contributed by atoms with Gasteiger partial charge in [0.15, 0.2) is 0 Å². The largest absolute Gasteiger partial charge is 0.296 e. The number of hydrogen-bond acceptors (Lipinski definition) is 2. The summed E-state index contributed by atoms with van der Waals surface area (Å²) in [6, 6.07) is 5.50. The van der Waals surface area contributed by atoms with Crippen LogP contribution in [0.3, 0.4) is 0 Å². The molecule has 0 saturated heterocycles. The van der Waals surface area contributed by atoms with Crippen molar-refractivity contribution in [3.8, 4) is 0 Å². The highest BCUT2D eigenvalue weighted by Crippen LogP contribution is 2.19. The Morgan fingerprint density at radius 2 is 1.69 bits per heavy atom. The van der Waals surface area contributed by atoms with Gasteiger partial charge >= 0.3 is 0 Å². The van der Waals surface area contributed by atoms with Crippen LogP contribution in [0.2, 0.25) is 0 Å². The molecule has 0 aliphatic heterocycles. The second-order valence-electron chi connectivity index (χ2n) is 2.91. The third-order valence-corrected chi connectivity index (χ3v) is 2.21. The molecule has 0 bridgehead atoms. The normalized spacial score (nSPS) is 11.3.